The van der Waals surface area contributed by atoms with Crippen molar-refractivity contribution in [3.8, 4) is 6.07 Å². The SMILES string of the molecule is Cc1ccc(C#N)cc1NC1C2(C)CCC(C2)C1(C)C. The molecular weight excluding hydrogens is 244 g/mol. The molecule has 0 amide bonds. The lowest BCUT2D eigenvalue weighted by Crippen LogP contribution is -2.45. The summed E-state index contributed by atoms with van der Waals surface area (Å²) in [5, 5.41) is 12.9. The first kappa shape index (κ1) is 13.5. The lowest BCUT2D eigenvalue weighted by atomic mass is 9.68. The van der Waals surface area contributed by atoms with Gasteiger partial charge in [0.15, 0.2) is 0 Å². The zero-order valence-corrected chi connectivity index (χ0v) is 13.0. The number of hydrogen-bond acceptors (Lipinski definition) is 2. The average Bonchev–Trinajstić information content (AvgIpc) is 2.88. The molecule has 1 aromatic carbocycles. The molecule has 2 aliphatic carbocycles. The Morgan fingerprint density at radius 1 is 1.30 bits per heavy atom. The standard InChI is InChI=1S/C18H24N2/c1-12-5-6-13(11-19)9-15(12)20-16-17(2,3)14-7-8-18(16,4)10-14/h5-6,9,14,16,20H,7-8,10H2,1-4H3. The van der Waals surface area contributed by atoms with Crippen LogP contribution in [0.3, 0.4) is 0 Å². The van der Waals surface area contributed by atoms with E-state index < -0.39 is 0 Å². The van der Waals surface area contributed by atoms with Crippen LogP contribution in [-0.4, -0.2) is 6.04 Å². The van der Waals surface area contributed by atoms with Gasteiger partial charge in [0.2, 0.25) is 0 Å². The number of nitrogens with one attached hydrogen (secondary N) is 1. The molecule has 2 aliphatic rings. The largest absolute Gasteiger partial charge is 0.381 e. The van der Waals surface area contributed by atoms with E-state index in [4.69, 9.17) is 5.26 Å². The number of anilines is 1. The molecular formula is C18H24N2. The second kappa shape index (κ2) is 4.25. The van der Waals surface area contributed by atoms with E-state index in [1.165, 1.54) is 24.8 Å². The van der Waals surface area contributed by atoms with Gasteiger partial charge < -0.3 is 5.32 Å². The van der Waals surface area contributed by atoms with Crippen molar-refractivity contribution in [2.45, 2.75) is 53.0 Å². The van der Waals surface area contributed by atoms with Gasteiger partial charge >= 0.3 is 0 Å². The van der Waals surface area contributed by atoms with Crippen LogP contribution < -0.4 is 5.32 Å². The minimum Gasteiger partial charge on any atom is -0.381 e. The van der Waals surface area contributed by atoms with Gasteiger partial charge in [0, 0.05) is 11.7 Å². The highest BCUT2D eigenvalue weighted by Crippen LogP contribution is 2.63. The number of nitriles is 1. The van der Waals surface area contributed by atoms with Crippen molar-refractivity contribution < 1.29 is 0 Å². The zero-order chi connectivity index (χ0) is 14.5. The Kier molecular flexibility index (Phi) is 2.87. The second-order valence-corrected chi connectivity index (χ2v) is 7.63. The third-order valence-electron chi connectivity index (χ3n) is 5.94. The summed E-state index contributed by atoms with van der Waals surface area (Å²) < 4.78 is 0. The van der Waals surface area contributed by atoms with Crippen LogP contribution in [0.5, 0.6) is 0 Å². The van der Waals surface area contributed by atoms with Crippen LogP contribution in [-0.2, 0) is 0 Å². The van der Waals surface area contributed by atoms with Gasteiger partial charge in [-0.15, -0.1) is 0 Å². The van der Waals surface area contributed by atoms with Crippen molar-refractivity contribution in [1.82, 2.24) is 0 Å². The fourth-order valence-corrected chi connectivity index (χ4v) is 4.66. The van der Waals surface area contributed by atoms with Gasteiger partial charge in [0.05, 0.1) is 11.6 Å². The summed E-state index contributed by atoms with van der Waals surface area (Å²) in [7, 11) is 0. The highest BCUT2D eigenvalue weighted by Gasteiger charge is 2.59. The summed E-state index contributed by atoms with van der Waals surface area (Å²) in [4.78, 5) is 0. The molecule has 0 aliphatic heterocycles. The van der Waals surface area contributed by atoms with E-state index in [1.807, 2.05) is 18.2 Å². The molecule has 2 nitrogen and oxygen atoms in total. The van der Waals surface area contributed by atoms with E-state index >= 15 is 0 Å². The fraction of sp³-hybridized carbons (Fsp3) is 0.611. The van der Waals surface area contributed by atoms with E-state index in [0.29, 0.717) is 16.9 Å². The minimum absolute atomic E-state index is 0.335. The van der Waals surface area contributed by atoms with Gasteiger partial charge in [-0.05, 0) is 60.6 Å². The Labute approximate surface area is 122 Å². The van der Waals surface area contributed by atoms with Gasteiger partial charge in [0.1, 0.15) is 0 Å². The van der Waals surface area contributed by atoms with E-state index in [2.05, 4.69) is 39.1 Å². The molecule has 0 heterocycles. The van der Waals surface area contributed by atoms with Crippen molar-refractivity contribution in [3.63, 3.8) is 0 Å². The third kappa shape index (κ3) is 1.84. The Balaban J connectivity index is 1.94. The number of nitrogens with zero attached hydrogens (tertiary/aromatic N) is 1. The van der Waals surface area contributed by atoms with Gasteiger partial charge in [-0.2, -0.15) is 5.26 Å². The molecule has 2 saturated carbocycles. The maximum absolute atomic E-state index is 9.09. The van der Waals surface area contributed by atoms with E-state index in [0.717, 1.165) is 17.2 Å². The van der Waals surface area contributed by atoms with Crippen LogP contribution in [0.15, 0.2) is 18.2 Å². The predicted molar refractivity (Wildman–Crippen MR) is 82.5 cm³/mol. The van der Waals surface area contributed by atoms with Gasteiger partial charge in [-0.25, -0.2) is 0 Å². The summed E-state index contributed by atoms with van der Waals surface area (Å²) in [5.74, 6) is 0.837. The van der Waals surface area contributed by atoms with Crippen LogP contribution in [0.4, 0.5) is 5.69 Å². The molecule has 2 heteroatoms. The van der Waals surface area contributed by atoms with Crippen LogP contribution in [0.2, 0.25) is 0 Å². The van der Waals surface area contributed by atoms with Crippen LogP contribution in [0.1, 0.15) is 51.2 Å². The lowest BCUT2D eigenvalue weighted by molar-refractivity contribution is 0.155. The molecule has 2 fully saturated rings. The predicted octanol–water partition coefficient (Wildman–Crippen LogP) is 4.49. The van der Waals surface area contributed by atoms with Crippen molar-refractivity contribution >= 4 is 5.69 Å². The molecule has 20 heavy (non-hydrogen) atoms. The molecule has 3 rings (SSSR count). The van der Waals surface area contributed by atoms with Gasteiger partial charge in [-0.3, -0.25) is 0 Å². The van der Waals surface area contributed by atoms with E-state index in [1.54, 1.807) is 0 Å². The smallest absolute Gasteiger partial charge is 0.0992 e. The maximum Gasteiger partial charge on any atom is 0.0992 e. The number of rotatable bonds is 2. The Morgan fingerprint density at radius 3 is 2.65 bits per heavy atom. The summed E-state index contributed by atoms with van der Waals surface area (Å²) in [6.45, 7) is 9.36. The first-order valence-corrected chi connectivity index (χ1v) is 7.64. The van der Waals surface area contributed by atoms with Crippen LogP contribution in [0, 0.1) is 35.0 Å². The summed E-state index contributed by atoms with van der Waals surface area (Å²) in [5.41, 5.74) is 3.84. The molecule has 106 valence electrons. The molecule has 1 N–H and O–H groups in total. The molecule has 3 unspecified atom stereocenters. The number of aryl methyl sites for hydroxylation is 1. The van der Waals surface area contributed by atoms with Crippen LogP contribution in [0.25, 0.3) is 0 Å². The first-order chi connectivity index (χ1) is 9.37. The maximum atomic E-state index is 9.09. The Morgan fingerprint density at radius 2 is 2.05 bits per heavy atom. The van der Waals surface area contributed by atoms with E-state index in [9.17, 15) is 0 Å². The highest BCUT2D eigenvalue weighted by atomic mass is 15.0. The topological polar surface area (TPSA) is 35.8 Å². The van der Waals surface area contributed by atoms with Crippen LogP contribution >= 0.6 is 0 Å². The Hall–Kier alpha value is -1.49. The number of hydrogen-bond donors (Lipinski definition) is 1. The molecule has 0 aromatic heterocycles. The lowest BCUT2D eigenvalue weighted by Gasteiger charge is -2.44. The first-order valence-electron chi connectivity index (χ1n) is 7.64. The number of fused-ring (bicyclic) bond motifs is 2. The molecule has 2 bridgehead atoms. The van der Waals surface area contributed by atoms with Gasteiger partial charge in [0.25, 0.3) is 0 Å². The third-order valence-corrected chi connectivity index (χ3v) is 5.94. The van der Waals surface area contributed by atoms with Crippen molar-refractivity contribution in [2.75, 3.05) is 5.32 Å². The fourth-order valence-electron chi connectivity index (χ4n) is 4.66. The Bertz CT molecular complexity index is 577. The average molecular weight is 268 g/mol. The molecule has 0 saturated heterocycles. The molecule has 1 aromatic rings. The van der Waals surface area contributed by atoms with E-state index in [-0.39, 0.29) is 0 Å². The summed E-state index contributed by atoms with van der Waals surface area (Å²) in [6.07, 6.45) is 4.04. The van der Waals surface area contributed by atoms with Crippen molar-refractivity contribution in [3.05, 3.63) is 29.3 Å². The van der Waals surface area contributed by atoms with Gasteiger partial charge in [-0.1, -0.05) is 26.8 Å². The summed E-state index contributed by atoms with van der Waals surface area (Å²) in [6, 6.07) is 8.69. The molecule has 0 radical (unpaired) electrons. The number of benzene rings is 1. The normalized spacial score (nSPS) is 34.0. The quantitative estimate of drug-likeness (QED) is 0.857. The monoisotopic (exact) mass is 268 g/mol. The molecule has 3 atom stereocenters. The summed E-state index contributed by atoms with van der Waals surface area (Å²) >= 11 is 0. The van der Waals surface area contributed by atoms with Crippen molar-refractivity contribution in [2.24, 2.45) is 16.7 Å². The second-order valence-electron chi connectivity index (χ2n) is 7.63. The van der Waals surface area contributed by atoms with Crippen molar-refractivity contribution in [1.29, 1.82) is 5.26 Å². The molecule has 0 spiro atoms. The zero-order valence-electron chi connectivity index (χ0n) is 13.0. The highest BCUT2D eigenvalue weighted by molar-refractivity contribution is 5.56. The minimum atomic E-state index is 0.335.